The van der Waals surface area contributed by atoms with Gasteiger partial charge in [-0.05, 0) is 76.7 Å². The molecule has 2 heteroatoms. The quantitative estimate of drug-likeness (QED) is 0.417. The molecule has 0 amide bonds. The predicted molar refractivity (Wildman–Crippen MR) is 116 cm³/mol. The van der Waals surface area contributed by atoms with Crippen LogP contribution >= 0.6 is 10.4 Å². The SMILES string of the molecule is Cc1ccc(S(F)(c2ccc(C(C)C)cc2)c2ccc(C(C)C)cc2)cc1. The smallest absolute Gasteiger partial charge is 0.0263 e. The Morgan fingerprint density at radius 1 is 0.556 bits per heavy atom. The third kappa shape index (κ3) is 3.96. The molecule has 0 spiro atoms. The maximum Gasteiger partial charge on any atom is 0.0263 e. The van der Waals surface area contributed by atoms with Crippen LogP contribution in [-0.2, 0) is 0 Å². The van der Waals surface area contributed by atoms with Crippen LogP contribution in [0.25, 0.3) is 0 Å². The molecule has 0 saturated heterocycles. The van der Waals surface area contributed by atoms with Gasteiger partial charge in [0.25, 0.3) is 0 Å². The number of halogens is 1. The molecular weight excluding hydrogens is 351 g/mol. The molecule has 0 heterocycles. The van der Waals surface area contributed by atoms with Crippen LogP contribution in [0.4, 0.5) is 3.89 Å². The van der Waals surface area contributed by atoms with Crippen molar-refractivity contribution in [2.75, 3.05) is 0 Å². The third-order valence-electron chi connectivity index (χ3n) is 5.09. The summed E-state index contributed by atoms with van der Waals surface area (Å²) in [4.78, 5) is 2.27. The van der Waals surface area contributed by atoms with E-state index in [1.54, 1.807) is 0 Å². The van der Waals surface area contributed by atoms with Crippen molar-refractivity contribution < 1.29 is 3.89 Å². The Balaban J connectivity index is 2.15. The maximum atomic E-state index is 16.9. The first-order chi connectivity index (χ1) is 12.8. The van der Waals surface area contributed by atoms with Gasteiger partial charge in [-0.3, -0.25) is 0 Å². The predicted octanol–water partition coefficient (Wildman–Crippen LogP) is 8.41. The van der Waals surface area contributed by atoms with Gasteiger partial charge in [0.15, 0.2) is 0 Å². The van der Waals surface area contributed by atoms with Gasteiger partial charge in [-0.15, -0.1) is 0 Å². The molecule has 3 rings (SSSR count). The van der Waals surface area contributed by atoms with E-state index < -0.39 is 10.4 Å². The molecule has 27 heavy (non-hydrogen) atoms. The number of benzene rings is 3. The highest BCUT2D eigenvalue weighted by atomic mass is 32.3. The van der Waals surface area contributed by atoms with Crippen molar-refractivity contribution in [1.82, 2.24) is 0 Å². The van der Waals surface area contributed by atoms with E-state index in [4.69, 9.17) is 0 Å². The molecule has 142 valence electrons. The van der Waals surface area contributed by atoms with Crippen molar-refractivity contribution >= 4 is 10.4 Å². The van der Waals surface area contributed by atoms with Crippen LogP contribution in [0.1, 0.15) is 56.2 Å². The Morgan fingerprint density at radius 3 is 1.15 bits per heavy atom. The number of hydrogen-bond donors (Lipinski definition) is 0. The molecule has 0 radical (unpaired) electrons. The molecule has 0 saturated carbocycles. The lowest BCUT2D eigenvalue weighted by Gasteiger charge is -2.32. The topological polar surface area (TPSA) is 0 Å². The summed E-state index contributed by atoms with van der Waals surface area (Å²) in [7, 11) is -2.78. The van der Waals surface area contributed by atoms with Crippen LogP contribution < -0.4 is 0 Å². The fourth-order valence-corrected chi connectivity index (χ4v) is 5.56. The van der Waals surface area contributed by atoms with E-state index >= 15 is 3.89 Å². The Morgan fingerprint density at radius 2 is 0.852 bits per heavy atom. The highest BCUT2D eigenvalue weighted by Gasteiger charge is 2.31. The highest BCUT2D eigenvalue weighted by molar-refractivity contribution is 8.29. The Hall–Kier alpha value is -2.06. The lowest BCUT2D eigenvalue weighted by Crippen LogP contribution is -1.99. The van der Waals surface area contributed by atoms with Gasteiger partial charge in [0.05, 0.1) is 0 Å². The molecule has 3 aromatic carbocycles. The summed E-state index contributed by atoms with van der Waals surface area (Å²) in [5.74, 6) is 0.875. The van der Waals surface area contributed by atoms with Crippen molar-refractivity contribution in [3.63, 3.8) is 0 Å². The molecule has 0 aromatic heterocycles. The molecule has 0 N–H and O–H groups in total. The van der Waals surface area contributed by atoms with E-state index in [1.807, 2.05) is 55.5 Å². The molecule has 0 aliphatic carbocycles. The molecule has 0 nitrogen and oxygen atoms in total. The van der Waals surface area contributed by atoms with Crippen LogP contribution in [-0.4, -0.2) is 0 Å². The first kappa shape index (κ1) is 19.7. The summed E-state index contributed by atoms with van der Waals surface area (Å²) >= 11 is 0. The molecular formula is C25H29FS. The summed E-state index contributed by atoms with van der Waals surface area (Å²) in [6.07, 6.45) is 0. The van der Waals surface area contributed by atoms with Crippen LogP contribution in [0, 0.1) is 6.92 Å². The first-order valence-corrected chi connectivity index (χ1v) is 11.2. The average molecular weight is 381 g/mol. The van der Waals surface area contributed by atoms with Crippen LogP contribution in [0.2, 0.25) is 0 Å². The maximum absolute atomic E-state index is 16.9. The van der Waals surface area contributed by atoms with E-state index in [0.29, 0.717) is 11.8 Å². The van der Waals surface area contributed by atoms with Gasteiger partial charge in [-0.2, -0.15) is 3.89 Å². The minimum atomic E-state index is -2.78. The first-order valence-electron chi connectivity index (χ1n) is 9.62. The van der Waals surface area contributed by atoms with Crippen LogP contribution in [0.15, 0.2) is 87.5 Å². The molecule has 0 bridgehead atoms. The average Bonchev–Trinajstić information content (AvgIpc) is 2.68. The monoisotopic (exact) mass is 380 g/mol. The zero-order chi connectivity index (χ0) is 19.6. The highest BCUT2D eigenvalue weighted by Crippen LogP contribution is 2.69. The largest absolute Gasteiger partial charge is 0.175 e. The van der Waals surface area contributed by atoms with Crippen molar-refractivity contribution in [3.05, 3.63) is 89.5 Å². The van der Waals surface area contributed by atoms with Gasteiger partial charge in [-0.25, -0.2) is 0 Å². The van der Waals surface area contributed by atoms with Gasteiger partial charge in [0.2, 0.25) is 0 Å². The van der Waals surface area contributed by atoms with Crippen molar-refractivity contribution in [2.24, 2.45) is 0 Å². The number of aryl methyl sites for hydroxylation is 1. The van der Waals surface area contributed by atoms with E-state index in [9.17, 15) is 0 Å². The van der Waals surface area contributed by atoms with Crippen molar-refractivity contribution in [2.45, 2.75) is 61.1 Å². The summed E-state index contributed by atoms with van der Waals surface area (Å²) in [5, 5.41) is 0. The van der Waals surface area contributed by atoms with E-state index in [2.05, 4.69) is 52.0 Å². The van der Waals surface area contributed by atoms with Gasteiger partial charge < -0.3 is 0 Å². The van der Waals surface area contributed by atoms with Gasteiger partial charge in [0.1, 0.15) is 0 Å². The standard InChI is InChI=1S/C25H29FS/c1-18(2)21-8-14-24(15-9-21)27(26,23-12-6-20(5)7-13-23)25-16-10-22(11-17-25)19(3)4/h6-19H,1-5H3. The molecule has 0 atom stereocenters. The fourth-order valence-electron chi connectivity index (χ4n) is 3.21. The second-order valence-corrected chi connectivity index (χ2v) is 10.3. The molecule has 0 fully saturated rings. The van der Waals surface area contributed by atoms with E-state index in [0.717, 1.165) is 20.2 Å². The zero-order valence-electron chi connectivity index (χ0n) is 16.9. The second-order valence-electron chi connectivity index (χ2n) is 7.80. The minimum absolute atomic E-state index is 0.438. The molecule has 0 unspecified atom stereocenters. The fraction of sp³-hybridized carbons (Fsp3) is 0.280. The van der Waals surface area contributed by atoms with Crippen molar-refractivity contribution in [1.29, 1.82) is 0 Å². The minimum Gasteiger partial charge on any atom is -0.175 e. The zero-order valence-corrected chi connectivity index (χ0v) is 17.7. The van der Waals surface area contributed by atoms with Gasteiger partial charge >= 0.3 is 0 Å². The summed E-state index contributed by atoms with van der Waals surface area (Å²) in [6.45, 7) is 10.7. The van der Waals surface area contributed by atoms with Gasteiger partial charge in [-0.1, -0.05) is 69.7 Å². The summed E-state index contributed by atoms with van der Waals surface area (Å²) in [5.41, 5.74) is 3.62. The number of rotatable bonds is 5. The summed E-state index contributed by atoms with van der Waals surface area (Å²) in [6, 6.07) is 24.0. The van der Waals surface area contributed by atoms with E-state index in [1.165, 1.54) is 11.1 Å². The Bertz CT molecular complexity index is 824. The lowest BCUT2D eigenvalue weighted by atomic mass is 10.0. The Kier molecular flexibility index (Phi) is 5.76. The third-order valence-corrected chi connectivity index (χ3v) is 7.85. The summed E-state index contributed by atoms with van der Waals surface area (Å²) < 4.78 is 16.9. The van der Waals surface area contributed by atoms with Crippen LogP contribution in [0.3, 0.4) is 0 Å². The number of hydrogen-bond acceptors (Lipinski definition) is 0. The molecule has 0 aliphatic heterocycles. The van der Waals surface area contributed by atoms with Crippen LogP contribution in [0.5, 0.6) is 0 Å². The normalized spacial score (nSPS) is 12.6. The molecule has 3 aromatic rings. The lowest BCUT2D eigenvalue weighted by molar-refractivity contribution is 0.850. The Labute approximate surface area is 165 Å². The molecule has 0 aliphatic rings. The van der Waals surface area contributed by atoms with E-state index in [-0.39, 0.29) is 0 Å². The van der Waals surface area contributed by atoms with Crippen molar-refractivity contribution in [3.8, 4) is 0 Å². The second kappa shape index (κ2) is 7.90. The van der Waals surface area contributed by atoms with Gasteiger partial charge in [0, 0.05) is 14.7 Å².